The molecule has 24 heavy (non-hydrogen) atoms. The van der Waals surface area contributed by atoms with Gasteiger partial charge in [0.25, 0.3) is 0 Å². The molecule has 1 heterocycles. The zero-order chi connectivity index (χ0) is 18.5. The summed E-state index contributed by atoms with van der Waals surface area (Å²) in [6.45, 7) is 11.6. The van der Waals surface area contributed by atoms with Gasteiger partial charge in [-0.15, -0.1) is 11.8 Å². The second-order valence-corrected chi connectivity index (χ2v) is 9.06. The number of nitrogens with one attached hydrogen (secondary N) is 2. The number of β-amino-alcohol motifs (C(OH)–C–C–N with tert-alkyl or cyclic N) is 1. The topological polar surface area (TPSA) is 90.9 Å². The molecule has 3 N–H and O–H groups in total. The number of aliphatic hydroxyl groups excluding tert-OH is 1. The quantitative estimate of drug-likeness (QED) is 0.681. The average Bonchev–Trinajstić information content (AvgIpc) is 2.80. The minimum absolute atomic E-state index is 0.0280. The maximum atomic E-state index is 12.3. The third kappa shape index (κ3) is 8.21. The van der Waals surface area contributed by atoms with Crippen LogP contribution in [0.25, 0.3) is 0 Å². The number of rotatable bonds is 5. The number of carbonyl (C=O) groups excluding carboxylic acids is 2. The summed E-state index contributed by atoms with van der Waals surface area (Å²) in [5.41, 5.74) is -0.857. The first kappa shape index (κ1) is 21.1. The van der Waals surface area contributed by atoms with Crippen molar-refractivity contribution in [1.29, 1.82) is 0 Å². The van der Waals surface area contributed by atoms with E-state index in [1.807, 2.05) is 25.7 Å². The fraction of sp³-hybridized carbons (Fsp3) is 0.875. The van der Waals surface area contributed by atoms with Gasteiger partial charge >= 0.3 is 6.09 Å². The van der Waals surface area contributed by atoms with Crippen molar-refractivity contribution in [2.24, 2.45) is 0 Å². The van der Waals surface area contributed by atoms with Gasteiger partial charge in [0.1, 0.15) is 5.60 Å². The lowest BCUT2D eigenvalue weighted by molar-refractivity contribution is -0.126. The van der Waals surface area contributed by atoms with E-state index in [4.69, 9.17) is 4.74 Å². The van der Waals surface area contributed by atoms with Crippen LogP contribution < -0.4 is 10.6 Å². The molecule has 1 fully saturated rings. The molecule has 0 saturated carbocycles. The Morgan fingerprint density at radius 2 is 1.92 bits per heavy atom. The van der Waals surface area contributed by atoms with Crippen molar-refractivity contribution in [2.45, 2.75) is 64.8 Å². The molecular formula is C16H31N3O4S. The molecule has 2 amide bonds. The molecule has 0 aromatic heterocycles. The number of hydrogen-bond donors (Lipinski definition) is 3. The Balaban J connectivity index is 2.43. The lowest BCUT2D eigenvalue weighted by Gasteiger charge is -2.29. The van der Waals surface area contributed by atoms with Gasteiger partial charge in [0.15, 0.2) is 0 Å². The summed E-state index contributed by atoms with van der Waals surface area (Å²) in [4.78, 5) is 25.9. The number of carbonyl (C=O) groups is 2. The molecule has 2 atom stereocenters. The Hall–Kier alpha value is -0.990. The van der Waals surface area contributed by atoms with Gasteiger partial charge in [-0.2, -0.15) is 0 Å². The molecule has 0 aliphatic carbocycles. The van der Waals surface area contributed by atoms with Crippen molar-refractivity contribution in [3.63, 3.8) is 0 Å². The van der Waals surface area contributed by atoms with Gasteiger partial charge in [0.2, 0.25) is 5.91 Å². The van der Waals surface area contributed by atoms with E-state index in [0.29, 0.717) is 18.2 Å². The van der Waals surface area contributed by atoms with Crippen LogP contribution in [0.15, 0.2) is 0 Å². The first-order chi connectivity index (χ1) is 10.9. The van der Waals surface area contributed by atoms with E-state index in [9.17, 15) is 14.7 Å². The standard InChI is InChI=1S/C16H31N3O4S/c1-15(2,3)18-13(21)12-9-24-10-19(12)8-11(20)7-17-14(22)23-16(4,5)6/h11-12,20H,7-10H2,1-6H3,(H,17,22)(H,18,21)/t11?,12-/m0/s1. The van der Waals surface area contributed by atoms with E-state index in [1.165, 1.54) is 0 Å². The Morgan fingerprint density at radius 3 is 2.46 bits per heavy atom. The van der Waals surface area contributed by atoms with E-state index in [0.717, 1.165) is 0 Å². The summed E-state index contributed by atoms with van der Waals surface area (Å²) < 4.78 is 5.13. The third-order valence-electron chi connectivity index (χ3n) is 3.10. The molecule has 140 valence electrons. The number of ether oxygens (including phenoxy) is 1. The van der Waals surface area contributed by atoms with Crippen molar-refractivity contribution in [1.82, 2.24) is 15.5 Å². The summed E-state index contributed by atoms with van der Waals surface area (Å²) in [5, 5.41) is 15.7. The van der Waals surface area contributed by atoms with Crippen molar-refractivity contribution >= 4 is 23.8 Å². The highest BCUT2D eigenvalue weighted by molar-refractivity contribution is 7.99. The fourth-order valence-corrected chi connectivity index (χ4v) is 3.41. The molecule has 0 aromatic carbocycles. The molecule has 0 spiro atoms. The van der Waals surface area contributed by atoms with E-state index in [1.54, 1.807) is 32.5 Å². The number of aliphatic hydroxyl groups is 1. The fourth-order valence-electron chi connectivity index (χ4n) is 2.20. The van der Waals surface area contributed by atoms with Crippen LogP contribution in [0.5, 0.6) is 0 Å². The maximum Gasteiger partial charge on any atom is 0.407 e. The summed E-state index contributed by atoms with van der Waals surface area (Å²) in [7, 11) is 0. The number of nitrogens with zero attached hydrogens (tertiary/aromatic N) is 1. The highest BCUT2D eigenvalue weighted by Gasteiger charge is 2.33. The summed E-state index contributed by atoms with van der Waals surface area (Å²) >= 11 is 1.66. The SMILES string of the molecule is CC(C)(C)NC(=O)[C@@H]1CSCN1CC(O)CNC(=O)OC(C)(C)C. The predicted octanol–water partition coefficient (Wildman–Crippen LogP) is 1.16. The molecule has 1 saturated heterocycles. The Kier molecular flexibility index (Phi) is 7.37. The molecular weight excluding hydrogens is 330 g/mol. The molecule has 0 radical (unpaired) electrons. The number of amides is 2. The van der Waals surface area contributed by atoms with Crippen molar-refractivity contribution in [3.05, 3.63) is 0 Å². The third-order valence-corrected chi connectivity index (χ3v) is 4.17. The van der Waals surface area contributed by atoms with Gasteiger partial charge in [-0.1, -0.05) is 0 Å². The van der Waals surface area contributed by atoms with Gasteiger partial charge < -0.3 is 20.5 Å². The van der Waals surface area contributed by atoms with Crippen LogP contribution in [0.2, 0.25) is 0 Å². The van der Waals surface area contributed by atoms with Crippen LogP contribution in [0.4, 0.5) is 4.79 Å². The normalized spacial score (nSPS) is 20.5. The van der Waals surface area contributed by atoms with Gasteiger partial charge in [-0.05, 0) is 41.5 Å². The Morgan fingerprint density at radius 1 is 1.29 bits per heavy atom. The zero-order valence-corrected chi connectivity index (χ0v) is 16.3. The first-order valence-corrected chi connectivity index (χ1v) is 9.31. The van der Waals surface area contributed by atoms with Crippen LogP contribution in [0.1, 0.15) is 41.5 Å². The van der Waals surface area contributed by atoms with Crippen molar-refractivity contribution < 1.29 is 19.4 Å². The molecule has 1 aliphatic rings. The molecule has 1 unspecified atom stereocenters. The Bertz CT molecular complexity index is 446. The Labute approximate surface area is 148 Å². The van der Waals surface area contributed by atoms with Gasteiger partial charge in [0.05, 0.1) is 12.1 Å². The van der Waals surface area contributed by atoms with Crippen LogP contribution >= 0.6 is 11.8 Å². The molecule has 0 aromatic rings. The number of thioether (sulfide) groups is 1. The average molecular weight is 362 g/mol. The smallest absolute Gasteiger partial charge is 0.407 e. The predicted molar refractivity (Wildman–Crippen MR) is 96.0 cm³/mol. The minimum Gasteiger partial charge on any atom is -0.444 e. The first-order valence-electron chi connectivity index (χ1n) is 8.16. The van der Waals surface area contributed by atoms with Crippen LogP contribution in [-0.2, 0) is 9.53 Å². The van der Waals surface area contributed by atoms with E-state index in [2.05, 4.69) is 10.6 Å². The summed E-state index contributed by atoms with van der Waals surface area (Å²) in [6.07, 6.45) is -1.32. The van der Waals surface area contributed by atoms with Gasteiger partial charge in [0, 0.05) is 30.3 Å². The van der Waals surface area contributed by atoms with Crippen molar-refractivity contribution in [2.75, 3.05) is 24.7 Å². The van der Waals surface area contributed by atoms with E-state index in [-0.39, 0.29) is 24.0 Å². The minimum atomic E-state index is -0.763. The highest BCUT2D eigenvalue weighted by Crippen LogP contribution is 2.21. The number of alkyl carbamates (subject to hydrolysis) is 1. The van der Waals surface area contributed by atoms with Crippen LogP contribution in [0.3, 0.4) is 0 Å². The zero-order valence-electron chi connectivity index (χ0n) is 15.5. The second-order valence-electron chi connectivity index (χ2n) is 8.06. The summed E-state index contributed by atoms with van der Waals surface area (Å²) in [5.74, 6) is 1.36. The van der Waals surface area contributed by atoms with E-state index < -0.39 is 17.8 Å². The summed E-state index contributed by atoms with van der Waals surface area (Å²) in [6, 6.07) is -0.259. The lowest BCUT2D eigenvalue weighted by Crippen LogP contribution is -2.53. The molecule has 1 aliphatic heterocycles. The molecule has 8 heteroatoms. The highest BCUT2D eigenvalue weighted by atomic mass is 32.2. The lowest BCUT2D eigenvalue weighted by atomic mass is 10.1. The largest absolute Gasteiger partial charge is 0.444 e. The van der Waals surface area contributed by atoms with Gasteiger partial charge in [-0.3, -0.25) is 9.69 Å². The monoisotopic (exact) mass is 361 g/mol. The molecule has 7 nitrogen and oxygen atoms in total. The molecule has 1 rings (SSSR count). The number of hydrogen-bond acceptors (Lipinski definition) is 6. The van der Waals surface area contributed by atoms with Gasteiger partial charge in [-0.25, -0.2) is 4.79 Å². The van der Waals surface area contributed by atoms with Crippen molar-refractivity contribution in [3.8, 4) is 0 Å². The van der Waals surface area contributed by atoms with Crippen LogP contribution in [0, 0.1) is 0 Å². The second kappa shape index (κ2) is 8.40. The maximum absolute atomic E-state index is 12.3. The van der Waals surface area contributed by atoms with E-state index >= 15 is 0 Å². The molecule has 0 bridgehead atoms. The van der Waals surface area contributed by atoms with Crippen LogP contribution in [-0.4, -0.2) is 70.0 Å².